The first-order chi connectivity index (χ1) is 13.6. The van der Waals surface area contributed by atoms with E-state index in [1.54, 1.807) is 12.1 Å². The third kappa shape index (κ3) is 3.93. The van der Waals surface area contributed by atoms with E-state index in [9.17, 15) is 9.50 Å². The van der Waals surface area contributed by atoms with E-state index < -0.39 is 5.60 Å². The number of aliphatic hydroxyl groups is 1. The van der Waals surface area contributed by atoms with E-state index in [0.717, 1.165) is 54.4 Å². The van der Waals surface area contributed by atoms with Gasteiger partial charge in [-0.05, 0) is 43.0 Å². The molecule has 1 fully saturated rings. The van der Waals surface area contributed by atoms with E-state index >= 15 is 0 Å². The number of hydrogen-bond donors (Lipinski definition) is 1. The van der Waals surface area contributed by atoms with Crippen LogP contribution in [0.1, 0.15) is 37.3 Å². The molecule has 2 aromatic rings. The Bertz CT molecular complexity index is 816. The second kappa shape index (κ2) is 7.97. The number of halogens is 1. The molecule has 1 saturated heterocycles. The zero-order valence-electron chi connectivity index (χ0n) is 16.1. The highest BCUT2D eigenvalue weighted by Gasteiger charge is 2.34. The normalized spacial score (nSPS) is 18.2. The Labute approximate surface area is 164 Å². The van der Waals surface area contributed by atoms with Crippen LogP contribution in [-0.4, -0.2) is 36.5 Å². The fraction of sp³-hybridized carbons (Fsp3) is 0.455. The van der Waals surface area contributed by atoms with E-state index in [-0.39, 0.29) is 12.6 Å². The van der Waals surface area contributed by atoms with Crippen LogP contribution in [0.3, 0.4) is 0 Å². The molecule has 0 aromatic heterocycles. The van der Waals surface area contributed by atoms with E-state index in [4.69, 9.17) is 14.2 Å². The van der Waals surface area contributed by atoms with Crippen LogP contribution in [0.25, 0.3) is 0 Å². The summed E-state index contributed by atoms with van der Waals surface area (Å²) in [6, 6.07) is 10.1. The first-order valence-electron chi connectivity index (χ1n) is 9.83. The molecule has 2 aliphatic rings. The number of benzene rings is 2. The van der Waals surface area contributed by atoms with Gasteiger partial charge in [-0.1, -0.05) is 19.1 Å². The van der Waals surface area contributed by atoms with Crippen LogP contribution >= 0.6 is 0 Å². The predicted octanol–water partition coefficient (Wildman–Crippen LogP) is 3.83. The first-order valence-corrected chi connectivity index (χ1v) is 9.83. The van der Waals surface area contributed by atoms with Crippen molar-refractivity contribution in [1.29, 1.82) is 0 Å². The van der Waals surface area contributed by atoms with Gasteiger partial charge in [-0.3, -0.25) is 4.90 Å². The standard InChI is InChI=1S/C22H26FNO4/c1-2-11-26-19-13-21-20(27-15-28-21)12-16(19)14-24-9-7-22(25,8-10-24)17-3-5-18(23)6-4-17/h3-6,12-13,25H,2,7-11,14-15H2,1H3. The lowest BCUT2D eigenvalue weighted by molar-refractivity contribution is -0.0279. The summed E-state index contributed by atoms with van der Waals surface area (Å²) >= 11 is 0. The summed E-state index contributed by atoms with van der Waals surface area (Å²) < 4.78 is 30.1. The van der Waals surface area contributed by atoms with E-state index in [2.05, 4.69) is 11.8 Å². The van der Waals surface area contributed by atoms with Crippen molar-refractivity contribution in [2.24, 2.45) is 0 Å². The Kier molecular flexibility index (Phi) is 5.42. The van der Waals surface area contributed by atoms with Crippen LogP contribution in [0.2, 0.25) is 0 Å². The van der Waals surface area contributed by atoms with E-state index in [0.29, 0.717) is 19.4 Å². The molecule has 150 valence electrons. The Morgan fingerprint density at radius 1 is 1.11 bits per heavy atom. The quantitative estimate of drug-likeness (QED) is 0.817. The van der Waals surface area contributed by atoms with Crippen molar-refractivity contribution in [1.82, 2.24) is 4.90 Å². The van der Waals surface area contributed by atoms with Crippen molar-refractivity contribution in [3.8, 4) is 17.2 Å². The van der Waals surface area contributed by atoms with E-state index in [1.165, 1.54) is 12.1 Å². The molecule has 4 rings (SSSR count). The van der Waals surface area contributed by atoms with Gasteiger partial charge >= 0.3 is 0 Å². The van der Waals surface area contributed by atoms with Gasteiger partial charge in [0.15, 0.2) is 11.5 Å². The number of nitrogens with zero attached hydrogens (tertiary/aromatic N) is 1. The van der Waals surface area contributed by atoms with E-state index in [1.807, 2.05) is 12.1 Å². The molecule has 6 heteroatoms. The molecular formula is C22H26FNO4. The Morgan fingerprint density at radius 3 is 2.46 bits per heavy atom. The molecule has 5 nitrogen and oxygen atoms in total. The summed E-state index contributed by atoms with van der Waals surface area (Å²) in [6.07, 6.45) is 2.14. The van der Waals surface area contributed by atoms with Crippen LogP contribution in [0.4, 0.5) is 4.39 Å². The number of rotatable bonds is 6. The molecule has 0 unspecified atom stereocenters. The molecule has 0 spiro atoms. The Morgan fingerprint density at radius 2 is 1.79 bits per heavy atom. The average Bonchev–Trinajstić information content (AvgIpc) is 3.15. The van der Waals surface area contributed by atoms with Crippen molar-refractivity contribution in [2.75, 3.05) is 26.5 Å². The molecule has 0 aliphatic carbocycles. The SMILES string of the molecule is CCCOc1cc2c(cc1CN1CCC(O)(c3ccc(F)cc3)CC1)OCO2. The van der Waals surface area contributed by atoms with Gasteiger partial charge in [-0.15, -0.1) is 0 Å². The number of fused-ring (bicyclic) bond motifs is 1. The number of likely N-dealkylation sites (tertiary alicyclic amines) is 1. The lowest BCUT2D eigenvalue weighted by Crippen LogP contribution is -2.42. The first kappa shape index (κ1) is 19.0. The highest BCUT2D eigenvalue weighted by molar-refractivity contribution is 5.51. The zero-order valence-corrected chi connectivity index (χ0v) is 16.1. The Balaban J connectivity index is 1.45. The van der Waals surface area contributed by atoms with Crippen LogP contribution in [0, 0.1) is 5.82 Å². The third-order valence-electron chi connectivity index (χ3n) is 5.48. The fourth-order valence-electron chi connectivity index (χ4n) is 3.81. The maximum atomic E-state index is 13.2. The summed E-state index contributed by atoms with van der Waals surface area (Å²) in [4.78, 5) is 2.30. The van der Waals surface area contributed by atoms with Gasteiger partial charge < -0.3 is 19.3 Å². The van der Waals surface area contributed by atoms with Crippen molar-refractivity contribution in [2.45, 2.75) is 38.3 Å². The maximum absolute atomic E-state index is 13.2. The summed E-state index contributed by atoms with van der Waals surface area (Å²) in [7, 11) is 0. The molecule has 2 aliphatic heterocycles. The van der Waals surface area contributed by atoms with Gasteiger partial charge in [-0.2, -0.15) is 0 Å². The fourth-order valence-corrected chi connectivity index (χ4v) is 3.81. The lowest BCUT2D eigenvalue weighted by Gasteiger charge is -2.38. The van der Waals surface area contributed by atoms with Crippen molar-refractivity contribution >= 4 is 0 Å². The van der Waals surface area contributed by atoms with Crippen LogP contribution in [0.5, 0.6) is 17.2 Å². The molecule has 0 amide bonds. The summed E-state index contributed by atoms with van der Waals surface area (Å²) in [5, 5.41) is 11.0. The van der Waals surface area contributed by atoms with Crippen LogP contribution in [0.15, 0.2) is 36.4 Å². The molecule has 0 atom stereocenters. The number of hydrogen-bond acceptors (Lipinski definition) is 5. The minimum Gasteiger partial charge on any atom is -0.493 e. The molecule has 0 saturated carbocycles. The monoisotopic (exact) mass is 387 g/mol. The minimum atomic E-state index is -0.902. The van der Waals surface area contributed by atoms with Gasteiger partial charge in [0.2, 0.25) is 6.79 Å². The second-order valence-corrected chi connectivity index (χ2v) is 7.48. The highest BCUT2D eigenvalue weighted by Crippen LogP contribution is 2.40. The van der Waals surface area contributed by atoms with Crippen LogP contribution in [-0.2, 0) is 12.1 Å². The largest absolute Gasteiger partial charge is 0.493 e. The molecule has 2 aromatic carbocycles. The summed E-state index contributed by atoms with van der Waals surface area (Å²) in [6.45, 7) is 5.17. The third-order valence-corrected chi connectivity index (χ3v) is 5.48. The minimum absolute atomic E-state index is 0.237. The molecule has 28 heavy (non-hydrogen) atoms. The number of piperidine rings is 1. The maximum Gasteiger partial charge on any atom is 0.231 e. The zero-order chi connectivity index (χ0) is 19.6. The predicted molar refractivity (Wildman–Crippen MR) is 103 cm³/mol. The van der Waals surface area contributed by atoms with Gasteiger partial charge in [0, 0.05) is 31.3 Å². The van der Waals surface area contributed by atoms with Crippen molar-refractivity contribution < 1.29 is 23.7 Å². The molecule has 0 radical (unpaired) electrons. The van der Waals surface area contributed by atoms with Crippen LogP contribution < -0.4 is 14.2 Å². The second-order valence-electron chi connectivity index (χ2n) is 7.48. The van der Waals surface area contributed by atoms with Crippen molar-refractivity contribution in [3.63, 3.8) is 0 Å². The topological polar surface area (TPSA) is 51.2 Å². The number of ether oxygens (including phenoxy) is 3. The average molecular weight is 387 g/mol. The molecule has 0 bridgehead atoms. The van der Waals surface area contributed by atoms with Crippen molar-refractivity contribution in [3.05, 3.63) is 53.3 Å². The highest BCUT2D eigenvalue weighted by atomic mass is 19.1. The summed E-state index contributed by atoms with van der Waals surface area (Å²) in [5.41, 5.74) is 0.939. The Hall–Kier alpha value is -2.31. The molecular weight excluding hydrogens is 361 g/mol. The van der Waals surface area contributed by atoms with Gasteiger partial charge in [0.1, 0.15) is 11.6 Å². The van der Waals surface area contributed by atoms with Gasteiger partial charge in [0.05, 0.1) is 12.2 Å². The van der Waals surface area contributed by atoms with Gasteiger partial charge in [-0.25, -0.2) is 4.39 Å². The summed E-state index contributed by atoms with van der Waals surface area (Å²) in [5.74, 6) is 2.01. The smallest absolute Gasteiger partial charge is 0.231 e. The lowest BCUT2D eigenvalue weighted by atomic mass is 9.84. The molecule has 2 heterocycles. The van der Waals surface area contributed by atoms with Gasteiger partial charge in [0.25, 0.3) is 0 Å². The molecule has 1 N–H and O–H groups in total.